The number of ether oxygens (including phenoxy) is 2. The number of benzene rings is 1. The minimum Gasteiger partial charge on any atom is -0.493 e. The van der Waals surface area contributed by atoms with Crippen LogP contribution in [0.2, 0.25) is 0 Å². The molecule has 0 aromatic heterocycles. The van der Waals surface area contributed by atoms with Gasteiger partial charge in [-0.05, 0) is 56.7 Å². The average Bonchev–Trinajstić information content (AvgIpc) is 3.38. The quantitative estimate of drug-likeness (QED) is 0.0886. The van der Waals surface area contributed by atoms with E-state index in [0.29, 0.717) is 44.3 Å². The molecule has 264 valence electrons. The topological polar surface area (TPSA) is 130 Å². The van der Waals surface area contributed by atoms with E-state index in [4.69, 9.17) is 9.47 Å². The highest BCUT2D eigenvalue weighted by atomic mass is 16.5. The number of esters is 1. The fourth-order valence-electron chi connectivity index (χ4n) is 5.85. The Hall–Kier alpha value is -4.55. The summed E-state index contributed by atoms with van der Waals surface area (Å²) in [5, 5.41) is 29.3. The average molecular weight is 670 g/mol. The normalized spacial score (nSPS) is 14.0. The minimum atomic E-state index is -0.407. The van der Waals surface area contributed by atoms with Gasteiger partial charge in [-0.15, -0.1) is 0 Å². The summed E-state index contributed by atoms with van der Waals surface area (Å²) in [4.78, 5) is 29.8. The lowest BCUT2D eigenvalue weighted by Crippen LogP contribution is -2.29. The lowest BCUT2D eigenvalue weighted by Gasteiger charge is -2.25. The molecule has 0 saturated carbocycles. The minimum absolute atomic E-state index is 0.0202. The SMILES string of the molecule is CCCCC(CC)COc1cc(N(CC)CCOC(=O)C(CC)CCCC)ccc1/C=C/C1=C(C#N)C(=C(C#N)C#N)N(CCCC)C1=O. The van der Waals surface area contributed by atoms with Crippen LogP contribution >= 0.6 is 0 Å². The third-order valence-corrected chi connectivity index (χ3v) is 9.09. The molecule has 0 spiro atoms. The van der Waals surface area contributed by atoms with Gasteiger partial charge in [-0.1, -0.05) is 79.2 Å². The lowest BCUT2D eigenvalue weighted by atomic mass is 10.00. The summed E-state index contributed by atoms with van der Waals surface area (Å²) in [5.41, 5.74) is 1.63. The molecule has 1 aromatic rings. The second-order valence-corrected chi connectivity index (χ2v) is 12.4. The van der Waals surface area contributed by atoms with Crippen LogP contribution in [-0.2, 0) is 14.3 Å². The maximum atomic E-state index is 13.6. The molecule has 2 atom stereocenters. The number of hydrogen-bond acceptors (Lipinski definition) is 8. The van der Waals surface area contributed by atoms with Crippen molar-refractivity contribution in [3.63, 3.8) is 0 Å². The standard InChI is InChI=1S/C40H55N5O4/c1-7-13-16-30(10-4)29-49-37-25-34(44(12-6)23-24-48-40(47)31(11-5)17-14-8-2)20-18-32(37)19-21-35-36(28-43)38(33(26-41)27-42)45(39(35)46)22-15-9-3/h18-21,25,30-31H,7-17,22-24,29H2,1-6H3/b21-19+. The van der Waals surface area contributed by atoms with Crippen LogP contribution in [0.5, 0.6) is 5.75 Å². The summed E-state index contributed by atoms with van der Waals surface area (Å²) >= 11 is 0. The second kappa shape index (κ2) is 22.2. The van der Waals surface area contributed by atoms with Crippen molar-refractivity contribution in [2.75, 3.05) is 37.7 Å². The summed E-state index contributed by atoms with van der Waals surface area (Å²) in [5.74, 6) is 0.421. The predicted octanol–water partition coefficient (Wildman–Crippen LogP) is 8.64. The zero-order chi connectivity index (χ0) is 36.2. The van der Waals surface area contributed by atoms with Crippen molar-refractivity contribution < 1.29 is 19.1 Å². The van der Waals surface area contributed by atoms with Crippen molar-refractivity contribution >= 4 is 23.6 Å². The summed E-state index contributed by atoms with van der Waals surface area (Å²) in [7, 11) is 0. The number of anilines is 1. The van der Waals surface area contributed by atoms with Crippen molar-refractivity contribution in [3.05, 3.63) is 52.3 Å². The van der Waals surface area contributed by atoms with Crippen molar-refractivity contribution in [1.82, 2.24) is 4.90 Å². The van der Waals surface area contributed by atoms with E-state index in [1.807, 2.05) is 44.2 Å². The van der Waals surface area contributed by atoms with Gasteiger partial charge < -0.3 is 19.3 Å². The van der Waals surface area contributed by atoms with E-state index in [0.717, 1.165) is 69.0 Å². The molecule has 0 radical (unpaired) electrons. The number of amides is 1. The van der Waals surface area contributed by atoms with E-state index in [-0.39, 0.29) is 40.9 Å². The number of nitriles is 3. The molecule has 9 nitrogen and oxygen atoms in total. The molecule has 0 bridgehead atoms. The molecule has 49 heavy (non-hydrogen) atoms. The number of rotatable bonds is 22. The van der Waals surface area contributed by atoms with Gasteiger partial charge in [0.25, 0.3) is 5.91 Å². The molecule has 0 aliphatic carbocycles. The summed E-state index contributed by atoms with van der Waals surface area (Å²) in [6, 6.07) is 11.7. The molecule has 2 rings (SSSR count). The summed E-state index contributed by atoms with van der Waals surface area (Å²) in [6.45, 7) is 14.9. The maximum absolute atomic E-state index is 13.6. The number of carbonyl (C=O) groups excluding carboxylic acids is 2. The highest BCUT2D eigenvalue weighted by molar-refractivity contribution is 6.05. The van der Waals surface area contributed by atoms with Crippen LogP contribution in [0.15, 0.2) is 46.7 Å². The molecule has 1 amide bonds. The van der Waals surface area contributed by atoms with E-state index >= 15 is 0 Å². The Kier molecular flexibility index (Phi) is 18.4. The lowest BCUT2D eigenvalue weighted by molar-refractivity contribution is -0.148. The molecule has 0 fully saturated rings. The van der Waals surface area contributed by atoms with Crippen LogP contribution < -0.4 is 9.64 Å². The monoisotopic (exact) mass is 669 g/mol. The fourth-order valence-corrected chi connectivity index (χ4v) is 5.85. The van der Waals surface area contributed by atoms with Crippen LogP contribution in [-0.4, -0.2) is 49.6 Å². The molecular formula is C40H55N5O4. The Morgan fingerprint density at radius 3 is 2.22 bits per heavy atom. The zero-order valence-corrected chi connectivity index (χ0v) is 30.5. The van der Waals surface area contributed by atoms with Crippen molar-refractivity contribution in [3.8, 4) is 24.0 Å². The van der Waals surface area contributed by atoms with Crippen LogP contribution in [0.25, 0.3) is 6.08 Å². The van der Waals surface area contributed by atoms with Crippen molar-refractivity contribution in [2.24, 2.45) is 11.8 Å². The van der Waals surface area contributed by atoms with Gasteiger partial charge in [0.05, 0.1) is 35.9 Å². The second-order valence-electron chi connectivity index (χ2n) is 12.4. The first-order valence-corrected chi connectivity index (χ1v) is 18.2. The molecule has 1 aliphatic rings. The van der Waals surface area contributed by atoms with Crippen LogP contribution in [0.4, 0.5) is 5.69 Å². The number of likely N-dealkylation sites (N-methyl/N-ethyl adjacent to an activating group) is 1. The van der Waals surface area contributed by atoms with Gasteiger partial charge in [0, 0.05) is 30.4 Å². The van der Waals surface area contributed by atoms with E-state index in [2.05, 4.69) is 38.7 Å². The van der Waals surface area contributed by atoms with Crippen LogP contribution in [0.3, 0.4) is 0 Å². The molecular weight excluding hydrogens is 614 g/mol. The Balaban J connectivity index is 2.47. The predicted molar refractivity (Wildman–Crippen MR) is 194 cm³/mol. The number of carbonyl (C=O) groups is 2. The largest absolute Gasteiger partial charge is 0.493 e. The number of unbranched alkanes of at least 4 members (excludes halogenated alkanes) is 3. The third-order valence-electron chi connectivity index (χ3n) is 9.09. The van der Waals surface area contributed by atoms with Crippen molar-refractivity contribution in [1.29, 1.82) is 15.8 Å². The van der Waals surface area contributed by atoms with Gasteiger partial charge in [-0.3, -0.25) is 9.59 Å². The van der Waals surface area contributed by atoms with Gasteiger partial charge in [0.1, 0.15) is 30.6 Å². The number of allylic oxidation sites excluding steroid dienone is 2. The molecule has 0 N–H and O–H groups in total. The number of hydrogen-bond donors (Lipinski definition) is 0. The zero-order valence-electron chi connectivity index (χ0n) is 30.5. The van der Waals surface area contributed by atoms with E-state index in [1.165, 1.54) is 4.90 Å². The first-order chi connectivity index (χ1) is 23.8. The summed E-state index contributed by atoms with van der Waals surface area (Å²) < 4.78 is 12.2. The molecule has 1 aromatic carbocycles. The summed E-state index contributed by atoms with van der Waals surface area (Å²) in [6.07, 6.45) is 12.8. The first-order valence-electron chi connectivity index (χ1n) is 18.2. The highest BCUT2D eigenvalue weighted by Gasteiger charge is 2.36. The first kappa shape index (κ1) is 40.6. The highest BCUT2D eigenvalue weighted by Crippen LogP contribution is 2.34. The Bertz CT molecular complexity index is 1460. The van der Waals surface area contributed by atoms with Gasteiger partial charge >= 0.3 is 5.97 Å². The fraction of sp³-hybridized carbons (Fsp3) is 0.575. The molecule has 0 saturated heterocycles. The van der Waals surface area contributed by atoms with E-state index in [1.54, 1.807) is 12.2 Å². The van der Waals surface area contributed by atoms with Crippen LogP contribution in [0, 0.1) is 45.8 Å². The molecule has 1 aliphatic heterocycles. The van der Waals surface area contributed by atoms with Gasteiger partial charge in [0.2, 0.25) is 0 Å². The number of nitrogens with zero attached hydrogens (tertiary/aromatic N) is 5. The van der Waals surface area contributed by atoms with Gasteiger partial charge in [0.15, 0.2) is 5.57 Å². The molecule has 9 heteroatoms. The van der Waals surface area contributed by atoms with Crippen LogP contribution in [0.1, 0.15) is 111 Å². The maximum Gasteiger partial charge on any atom is 0.308 e. The smallest absolute Gasteiger partial charge is 0.308 e. The molecule has 2 unspecified atom stereocenters. The Labute approximate surface area is 294 Å². The van der Waals surface area contributed by atoms with E-state index < -0.39 is 5.91 Å². The van der Waals surface area contributed by atoms with Gasteiger partial charge in [-0.25, -0.2) is 0 Å². The van der Waals surface area contributed by atoms with Gasteiger partial charge in [-0.2, -0.15) is 15.8 Å². The third kappa shape index (κ3) is 11.5. The van der Waals surface area contributed by atoms with Crippen molar-refractivity contribution in [2.45, 2.75) is 106 Å². The molecule has 1 heterocycles. The Morgan fingerprint density at radius 1 is 0.939 bits per heavy atom. The van der Waals surface area contributed by atoms with E-state index in [9.17, 15) is 25.4 Å². The Morgan fingerprint density at radius 2 is 1.63 bits per heavy atom.